The second-order valence-corrected chi connectivity index (χ2v) is 8.22. The number of sulfone groups is 1. The molecule has 1 atom stereocenters. The van der Waals surface area contributed by atoms with Crippen LogP contribution in [0.15, 0.2) is 28.7 Å². The molecular formula is C14H16BrNO6S. The van der Waals surface area contributed by atoms with Crippen LogP contribution in [0.25, 0.3) is 0 Å². The minimum absolute atomic E-state index is 0.0677. The summed E-state index contributed by atoms with van der Waals surface area (Å²) in [7, 11) is -3.06. The summed E-state index contributed by atoms with van der Waals surface area (Å²) >= 11 is 3.28. The molecule has 0 unspecified atom stereocenters. The highest BCUT2D eigenvalue weighted by atomic mass is 79.9. The van der Waals surface area contributed by atoms with Crippen LogP contribution in [0.3, 0.4) is 0 Å². The maximum Gasteiger partial charge on any atom is 0.344 e. The Kier molecular flexibility index (Phi) is 6.00. The fourth-order valence-electron chi connectivity index (χ4n) is 2.06. The molecule has 0 aliphatic carbocycles. The first-order valence-corrected chi connectivity index (χ1v) is 9.49. The molecule has 9 heteroatoms. The maximum atomic E-state index is 11.6. The summed E-state index contributed by atoms with van der Waals surface area (Å²) < 4.78 is 33.4. The van der Waals surface area contributed by atoms with Gasteiger partial charge in [-0.3, -0.25) is 4.79 Å². The fourth-order valence-corrected chi connectivity index (χ4v) is 4.12. The van der Waals surface area contributed by atoms with Gasteiger partial charge in [-0.05, 0) is 24.6 Å². The van der Waals surface area contributed by atoms with Gasteiger partial charge in [0.05, 0.1) is 11.5 Å². The first-order chi connectivity index (χ1) is 10.8. The standard InChI is InChI=1S/C14H16BrNO6S/c15-10-2-1-3-12(6-10)21-8-14(18)22-7-13(17)16-11-4-5-23(19,20)9-11/h1-3,6,11H,4-5,7-9H2,(H,16,17)/t11-/m0/s1. The minimum Gasteiger partial charge on any atom is -0.482 e. The van der Waals surface area contributed by atoms with Crippen molar-refractivity contribution in [3.05, 3.63) is 28.7 Å². The Bertz CT molecular complexity index is 690. The van der Waals surface area contributed by atoms with Crippen LogP contribution < -0.4 is 10.1 Å². The van der Waals surface area contributed by atoms with Crippen LogP contribution in [0.4, 0.5) is 0 Å². The van der Waals surface area contributed by atoms with Gasteiger partial charge in [0, 0.05) is 10.5 Å². The van der Waals surface area contributed by atoms with E-state index in [9.17, 15) is 18.0 Å². The van der Waals surface area contributed by atoms with E-state index in [1.54, 1.807) is 18.2 Å². The van der Waals surface area contributed by atoms with Crippen molar-refractivity contribution in [2.45, 2.75) is 12.5 Å². The van der Waals surface area contributed by atoms with Gasteiger partial charge in [0.1, 0.15) is 5.75 Å². The third kappa shape index (κ3) is 6.19. The quantitative estimate of drug-likeness (QED) is 0.698. The monoisotopic (exact) mass is 405 g/mol. The normalized spacial score (nSPS) is 19.1. The molecule has 0 aromatic heterocycles. The number of ether oxygens (including phenoxy) is 2. The summed E-state index contributed by atoms with van der Waals surface area (Å²) in [6.45, 7) is -0.779. The number of esters is 1. The van der Waals surface area contributed by atoms with E-state index < -0.39 is 34.4 Å². The number of amides is 1. The molecular weight excluding hydrogens is 390 g/mol. The second-order valence-electron chi connectivity index (χ2n) is 5.07. The molecule has 1 saturated heterocycles. The number of carbonyl (C=O) groups is 2. The van der Waals surface area contributed by atoms with E-state index >= 15 is 0 Å². The Morgan fingerprint density at radius 2 is 2.09 bits per heavy atom. The Hall–Kier alpha value is -1.61. The van der Waals surface area contributed by atoms with E-state index in [0.717, 1.165) is 4.47 Å². The van der Waals surface area contributed by atoms with Gasteiger partial charge in [0.2, 0.25) is 0 Å². The zero-order valence-electron chi connectivity index (χ0n) is 12.2. The van der Waals surface area contributed by atoms with Crippen LogP contribution in [-0.2, 0) is 24.2 Å². The molecule has 0 radical (unpaired) electrons. The van der Waals surface area contributed by atoms with Crippen molar-refractivity contribution < 1.29 is 27.5 Å². The molecule has 0 spiro atoms. The zero-order valence-corrected chi connectivity index (χ0v) is 14.6. The lowest BCUT2D eigenvalue weighted by molar-refractivity contribution is -0.150. The first kappa shape index (κ1) is 17.7. The SMILES string of the molecule is O=C(COC(=O)COc1cccc(Br)c1)N[C@H]1CCS(=O)(=O)C1. The molecule has 1 aliphatic rings. The zero-order chi connectivity index (χ0) is 16.9. The van der Waals surface area contributed by atoms with Crippen molar-refractivity contribution in [1.29, 1.82) is 0 Å². The van der Waals surface area contributed by atoms with E-state index in [0.29, 0.717) is 12.2 Å². The van der Waals surface area contributed by atoms with Crippen molar-refractivity contribution in [3.8, 4) is 5.75 Å². The Labute approximate surface area is 142 Å². The van der Waals surface area contributed by atoms with Crippen molar-refractivity contribution >= 4 is 37.6 Å². The second kappa shape index (κ2) is 7.78. The number of rotatable bonds is 6. The molecule has 2 rings (SSSR count). The third-order valence-corrected chi connectivity index (χ3v) is 5.38. The average Bonchev–Trinajstić information content (AvgIpc) is 2.82. The van der Waals surface area contributed by atoms with Crippen LogP contribution in [0, 0.1) is 0 Å². The summed E-state index contributed by atoms with van der Waals surface area (Å²) in [4.78, 5) is 23.1. The van der Waals surface area contributed by atoms with E-state index in [4.69, 9.17) is 9.47 Å². The van der Waals surface area contributed by atoms with Gasteiger partial charge in [0.15, 0.2) is 23.1 Å². The topological polar surface area (TPSA) is 98.8 Å². The molecule has 0 saturated carbocycles. The molecule has 0 bridgehead atoms. The third-order valence-electron chi connectivity index (χ3n) is 3.11. The van der Waals surface area contributed by atoms with E-state index in [1.807, 2.05) is 6.07 Å². The molecule has 1 heterocycles. The van der Waals surface area contributed by atoms with E-state index in [2.05, 4.69) is 21.2 Å². The summed E-state index contributed by atoms with van der Waals surface area (Å²) in [5.74, 6) is -0.712. The van der Waals surface area contributed by atoms with Crippen molar-refractivity contribution in [2.24, 2.45) is 0 Å². The van der Waals surface area contributed by atoms with Gasteiger partial charge in [-0.25, -0.2) is 13.2 Å². The lowest BCUT2D eigenvalue weighted by atomic mass is 10.2. The predicted octanol–water partition coefficient (Wildman–Crippen LogP) is 0.674. The van der Waals surface area contributed by atoms with Crippen LogP contribution in [-0.4, -0.2) is 51.1 Å². The van der Waals surface area contributed by atoms with Crippen LogP contribution in [0.2, 0.25) is 0 Å². The lowest BCUT2D eigenvalue weighted by Gasteiger charge is -2.11. The highest BCUT2D eigenvalue weighted by Gasteiger charge is 2.29. The number of hydrogen-bond donors (Lipinski definition) is 1. The molecule has 1 amide bonds. The van der Waals surface area contributed by atoms with Crippen molar-refractivity contribution in [1.82, 2.24) is 5.32 Å². The number of carbonyl (C=O) groups excluding carboxylic acids is 2. The van der Waals surface area contributed by atoms with Crippen molar-refractivity contribution in [2.75, 3.05) is 24.7 Å². The summed E-state index contributed by atoms with van der Waals surface area (Å²) in [6, 6.07) is 6.54. The Morgan fingerprint density at radius 1 is 1.30 bits per heavy atom. The molecule has 7 nitrogen and oxygen atoms in total. The molecule has 1 fully saturated rings. The van der Waals surface area contributed by atoms with Gasteiger partial charge in [0.25, 0.3) is 5.91 Å². The highest BCUT2D eigenvalue weighted by Crippen LogP contribution is 2.17. The average molecular weight is 406 g/mol. The van der Waals surface area contributed by atoms with Gasteiger partial charge in [-0.15, -0.1) is 0 Å². The highest BCUT2D eigenvalue weighted by molar-refractivity contribution is 9.10. The lowest BCUT2D eigenvalue weighted by Crippen LogP contribution is -2.38. The molecule has 23 heavy (non-hydrogen) atoms. The first-order valence-electron chi connectivity index (χ1n) is 6.88. The molecule has 126 valence electrons. The summed E-state index contributed by atoms with van der Waals surface area (Å²) in [5, 5.41) is 2.53. The Balaban J connectivity index is 1.67. The smallest absolute Gasteiger partial charge is 0.344 e. The van der Waals surface area contributed by atoms with Gasteiger partial charge in [-0.2, -0.15) is 0 Å². The van der Waals surface area contributed by atoms with E-state index in [-0.39, 0.29) is 18.1 Å². The number of nitrogens with one attached hydrogen (secondary N) is 1. The van der Waals surface area contributed by atoms with Crippen molar-refractivity contribution in [3.63, 3.8) is 0 Å². The minimum atomic E-state index is -3.06. The van der Waals surface area contributed by atoms with Gasteiger partial charge in [-0.1, -0.05) is 22.0 Å². The summed E-state index contributed by atoms with van der Waals surface area (Å²) in [6.07, 6.45) is 0.383. The summed E-state index contributed by atoms with van der Waals surface area (Å²) in [5.41, 5.74) is 0. The van der Waals surface area contributed by atoms with Crippen LogP contribution >= 0.6 is 15.9 Å². The number of hydrogen-bond acceptors (Lipinski definition) is 6. The predicted molar refractivity (Wildman–Crippen MR) is 85.8 cm³/mol. The fraction of sp³-hybridized carbons (Fsp3) is 0.429. The number of halogens is 1. The maximum absolute atomic E-state index is 11.6. The molecule has 1 aliphatic heterocycles. The van der Waals surface area contributed by atoms with Gasteiger partial charge < -0.3 is 14.8 Å². The van der Waals surface area contributed by atoms with Crippen LogP contribution in [0.1, 0.15) is 6.42 Å². The van der Waals surface area contributed by atoms with Gasteiger partial charge >= 0.3 is 5.97 Å². The van der Waals surface area contributed by atoms with Crippen LogP contribution in [0.5, 0.6) is 5.75 Å². The molecule has 1 aromatic rings. The number of benzene rings is 1. The Morgan fingerprint density at radius 3 is 2.74 bits per heavy atom. The molecule has 1 aromatic carbocycles. The largest absolute Gasteiger partial charge is 0.482 e. The molecule has 1 N–H and O–H groups in total. The van der Waals surface area contributed by atoms with E-state index in [1.165, 1.54) is 0 Å².